The SMILES string of the molecule is CC(C)CC(c1ccccc1CN)C(C)C. The Kier molecular flexibility index (Phi) is 5.01. The maximum atomic E-state index is 5.82. The molecule has 1 aromatic carbocycles. The minimum Gasteiger partial charge on any atom is -0.326 e. The summed E-state index contributed by atoms with van der Waals surface area (Å²) in [5.41, 5.74) is 8.58. The Bertz CT molecular complexity index is 315. The molecule has 0 aliphatic rings. The summed E-state index contributed by atoms with van der Waals surface area (Å²) in [5, 5.41) is 0. The average molecular weight is 219 g/mol. The Morgan fingerprint density at radius 3 is 2.19 bits per heavy atom. The molecule has 0 aliphatic carbocycles. The van der Waals surface area contributed by atoms with E-state index in [4.69, 9.17) is 5.73 Å². The Hall–Kier alpha value is -0.820. The topological polar surface area (TPSA) is 26.0 Å². The van der Waals surface area contributed by atoms with Crippen LogP contribution in [0.3, 0.4) is 0 Å². The van der Waals surface area contributed by atoms with Gasteiger partial charge in [0.25, 0.3) is 0 Å². The molecule has 1 unspecified atom stereocenters. The first-order valence-electron chi connectivity index (χ1n) is 6.34. The van der Waals surface area contributed by atoms with Crippen LogP contribution >= 0.6 is 0 Å². The number of rotatable bonds is 5. The van der Waals surface area contributed by atoms with Crippen LogP contribution in [0.25, 0.3) is 0 Å². The van der Waals surface area contributed by atoms with Crippen LogP contribution in [0.15, 0.2) is 24.3 Å². The van der Waals surface area contributed by atoms with Crippen molar-refractivity contribution in [3.05, 3.63) is 35.4 Å². The largest absolute Gasteiger partial charge is 0.326 e. The Labute approximate surface area is 100 Å². The van der Waals surface area contributed by atoms with E-state index in [2.05, 4.69) is 52.0 Å². The normalized spacial score (nSPS) is 13.4. The first-order chi connectivity index (χ1) is 7.56. The predicted octanol–water partition coefficient (Wildman–Crippen LogP) is 3.93. The smallest absolute Gasteiger partial charge is 0.0180 e. The molecule has 0 bridgehead atoms. The van der Waals surface area contributed by atoms with Crippen molar-refractivity contribution in [1.29, 1.82) is 0 Å². The molecule has 0 radical (unpaired) electrons. The van der Waals surface area contributed by atoms with E-state index >= 15 is 0 Å². The fourth-order valence-corrected chi connectivity index (χ4v) is 2.35. The molecule has 2 N–H and O–H groups in total. The van der Waals surface area contributed by atoms with E-state index in [0.717, 1.165) is 5.92 Å². The zero-order chi connectivity index (χ0) is 12.1. The quantitative estimate of drug-likeness (QED) is 0.797. The zero-order valence-electron chi connectivity index (χ0n) is 11.0. The second-order valence-electron chi connectivity index (χ2n) is 5.38. The Morgan fingerprint density at radius 1 is 1.06 bits per heavy atom. The molecule has 1 aromatic rings. The van der Waals surface area contributed by atoms with Gasteiger partial charge in [-0.05, 0) is 35.3 Å². The second-order valence-corrected chi connectivity index (χ2v) is 5.38. The van der Waals surface area contributed by atoms with E-state index in [1.165, 1.54) is 17.5 Å². The van der Waals surface area contributed by atoms with E-state index in [9.17, 15) is 0 Å². The average Bonchev–Trinajstić information content (AvgIpc) is 2.25. The molecule has 1 rings (SSSR count). The van der Waals surface area contributed by atoms with Gasteiger partial charge in [0.15, 0.2) is 0 Å². The van der Waals surface area contributed by atoms with Crippen LogP contribution in [-0.2, 0) is 6.54 Å². The first kappa shape index (κ1) is 13.2. The molecule has 0 aliphatic heterocycles. The molecule has 0 aromatic heterocycles. The molecule has 0 fully saturated rings. The fraction of sp³-hybridized carbons (Fsp3) is 0.600. The molecule has 0 saturated carbocycles. The van der Waals surface area contributed by atoms with Crippen LogP contribution in [0.4, 0.5) is 0 Å². The number of hydrogen-bond acceptors (Lipinski definition) is 1. The number of nitrogens with two attached hydrogens (primary N) is 1. The lowest BCUT2D eigenvalue weighted by Gasteiger charge is -2.25. The van der Waals surface area contributed by atoms with Gasteiger partial charge in [-0.15, -0.1) is 0 Å². The van der Waals surface area contributed by atoms with Crippen molar-refractivity contribution in [2.24, 2.45) is 17.6 Å². The van der Waals surface area contributed by atoms with Gasteiger partial charge < -0.3 is 5.73 Å². The van der Waals surface area contributed by atoms with Gasteiger partial charge in [-0.1, -0.05) is 52.0 Å². The summed E-state index contributed by atoms with van der Waals surface area (Å²) in [5.74, 6) is 2.05. The van der Waals surface area contributed by atoms with Crippen LogP contribution in [0.5, 0.6) is 0 Å². The highest BCUT2D eigenvalue weighted by molar-refractivity contribution is 5.30. The van der Waals surface area contributed by atoms with Crippen molar-refractivity contribution in [3.8, 4) is 0 Å². The van der Waals surface area contributed by atoms with Crippen molar-refractivity contribution in [3.63, 3.8) is 0 Å². The molecule has 16 heavy (non-hydrogen) atoms. The molecule has 1 nitrogen and oxygen atoms in total. The molecule has 0 heterocycles. The Balaban J connectivity index is 3.00. The molecule has 0 amide bonds. The highest BCUT2D eigenvalue weighted by Gasteiger charge is 2.19. The van der Waals surface area contributed by atoms with Crippen molar-refractivity contribution < 1.29 is 0 Å². The molecule has 0 saturated heterocycles. The lowest BCUT2D eigenvalue weighted by atomic mass is 9.80. The van der Waals surface area contributed by atoms with Gasteiger partial charge in [-0.3, -0.25) is 0 Å². The van der Waals surface area contributed by atoms with Crippen LogP contribution in [-0.4, -0.2) is 0 Å². The van der Waals surface area contributed by atoms with Gasteiger partial charge in [0.1, 0.15) is 0 Å². The van der Waals surface area contributed by atoms with Crippen LogP contribution < -0.4 is 5.73 Å². The number of benzene rings is 1. The monoisotopic (exact) mass is 219 g/mol. The van der Waals surface area contributed by atoms with Crippen LogP contribution in [0.1, 0.15) is 51.2 Å². The highest BCUT2D eigenvalue weighted by atomic mass is 14.5. The van der Waals surface area contributed by atoms with E-state index in [1.54, 1.807) is 0 Å². The van der Waals surface area contributed by atoms with Crippen molar-refractivity contribution in [2.75, 3.05) is 0 Å². The summed E-state index contributed by atoms with van der Waals surface area (Å²) in [6, 6.07) is 8.61. The summed E-state index contributed by atoms with van der Waals surface area (Å²) in [4.78, 5) is 0. The molecule has 1 heteroatoms. The summed E-state index contributed by atoms with van der Waals surface area (Å²) in [7, 11) is 0. The Morgan fingerprint density at radius 2 is 1.69 bits per heavy atom. The minimum atomic E-state index is 0.639. The first-order valence-corrected chi connectivity index (χ1v) is 6.34. The maximum Gasteiger partial charge on any atom is 0.0180 e. The van der Waals surface area contributed by atoms with Crippen molar-refractivity contribution in [2.45, 2.75) is 46.6 Å². The van der Waals surface area contributed by atoms with Gasteiger partial charge in [0.2, 0.25) is 0 Å². The van der Waals surface area contributed by atoms with E-state index < -0.39 is 0 Å². The summed E-state index contributed by atoms with van der Waals surface area (Å²) >= 11 is 0. The van der Waals surface area contributed by atoms with Gasteiger partial charge in [0.05, 0.1) is 0 Å². The molecular formula is C15H25N. The van der Waals surface area contributed by atoms with E-state index in [1.807, 2.05) is 0 Å². The summed E-state index contributed by atoms with van der Waals surface area (Å²) in [6.45, 7) is 9.85. The zero-order valence-corrected chi connectivity index (χ0v) is 11.0. The molecule has 1 atom stereocenters. The summed E-state index contributed by atoms with van der Waals surface area (Å²) < 4.78 is 0. The molecule has 0 spiro atoms. The van der Waals surface area contributed by atoms with Crippen LogP contribution in [0.2, 0.25) is 0 Å². The third-order valence-corrected chi connectivity index (χ3v) is 3.20. The molecule has 90 valence electrons. The predicted molar refractivity (Wildman–Crippen MR) is 71.4 cm³/mol. The van der Waals surface area contributed by atoms with E-state index in [0.29, 0.717) is 18.4 Å². The lowest BCUT2D eigenvalue weighted by Crippen LogP contribution is -2.13. The van der Waals surface area contributed by atoms with Gasteiger partial charge in [-0.25, -0.2) is 0 Å². The van der Waals surface area contributed by atoms with Crippen molar-refractivity contribution in [1.82, 2.24) is 0 Å². The van der Waals surface area contributed by atoms with Gasteiger partial charge in [-0.2, -0.15) is 0 Å². The van der Waals surface area contributed by atoms with Gasteiger partial charge >= 0.3 is 0 Å². The maximum absolute atomic E-state index is 5.82. The van der Waals surface area contributed by atoms with Gasteiger partial charge in [0, 0.05) is 6.54 Å². The third kappa shape index (κ3) is 3.34. The lowest BCUT2D eigenvalue weighted by molar-refractivity contribution is 0.406. The fourth-order valence-electron chi connectivity index (χ4n) is 2.35. The standard InChI is InChI=1S/C15H25N/c1-11(2)9-15(12(3)4)14-8-6-5-7-13(14)10-16/h5-8,11-12,15H,9-10,16H2,1-4H3. The molecular weight excluding hydrogens is 194 g/mol. The van der Waals surface area contributed by atoms with E-state index in [-0.39, 0.29) is 0 Å². The third-order valence-electron chi connectivity index (χ3n) is 3.20. The second kappa shape index (κ2) is 6.05. The minimum absolute atomic E-state index is 0.639. The highest BCUT2D eigenvalue weighted by Crippen LogP contribution is 2.32. The number of hydrogen-bond donors (Lipinski definition) is 1. The van der Waals surface area contributed by atoms with Crippen molar-refractivity contribution >= 4 is 0 Å². The van der Waals surface area contributed by atoms with Crippen LogP contribution in [0, 0.1) is 11.8 Å². The summed E-state index contributed by atoms with van der Waals surface area (Å²) in [6.07, 6.45) is 1.24.